The maximum absolute atomic E-state index is 13.4. The number of nitrogens with zero attached hydrogens (tertiary/aromatic N) is 3. The van der Waals surface area contributed by atoms with Crippen molar-refractivity contribution in [3.05, 3.63) is 65.7 Å². The van der Waals surface area contributed by atoms with Crippen LogP contribution in [0.3, 0.4) is 0 Å². The van der Waals surface area contributed by atoms with Gasteiger partial charge >= 0.3 is 0 Å². The summed E-state index contributed by atoms with van der Waals surface area (Å²) in [6.45, 7) is 3.98. The summed E-state index contributed by atoms with van der Waals surface area (Å²) < 4.78 is 0. The first-order valence-corrected chi connectivity index (χ1v) is 11.5. The van der Waals surface area contributed by atoms with Crippen molar-refractivity contribution in [3.63, 3.8) is 0 Å². The van der Waals surface area contributed by atoms with Crippen LogP contribution in [0.25, 0.3) is 0 Å². The Hall–Kier alpha value is -2.66. The minimum absolute atomic E-state index is 0.110. The van der Waals surface area contributed by atoms with Gasteiger partial charge in [-0.2, -0.15) is 0 Å². The van der Waals surface area contributed by atoms with Gasteiger partial charge in [0.25, 0.3) is 0 Å². The van der Waals surface area contributed by atoms with Gasteiger partial charge in [-0.05, 0) is 43.1 Å². The second-order valence-corrected chi connectivity index (χ2v) is 8.92. The molecule has 164 valence electrons. The number of amides is 2. The third kappa shape index (κ3) is 5.53. The normalized spacial score (nSPS) is 17.6. The molecule has 2 aliphatic rings. The number of likely N-dealkylation sites (N-methyl/N-ethyl adjacent to an activating group) is 1. The van der Waals surface area contributed by atoms with Crippen LogP contribution in [-0.4, -0.2) is 54.8 Å². The minimum atomic E-state index is 0.110. The lowest BCUT2D eigenvalue weighted by Crippen LogP contribution is -2.47. The summed E-state index contributed by atoms with van der Waals surface area (Å²) in [5.41, 5.74) is 2.98. The monoisotopic (exact) mass is 419 g/mol. The third-order valence-corrected chi connectivity index (χ3v) is 6.59. The molecule has 0 unspecified atom stereocenters. The molecule has 1 saturated heterocycles. The van der Waals surface area contributed by atoms with Gasteiger partial charge in [-0.1, -0.05) is 55.3 Å². The van der Waals surface area contributed by atoms with E-state index in [1.807, 2.05) is 52.3 Å². The average Bonchev–Trinajstić information content (AvgIpc) is 3.33. The molecule has 0 atom stereocenters. The lowest BCUT2D eigenvalue weighted by atomic mass is 10.0. The highest BCUT2D eigenvalue weighted by Crippen LogP contribution is 2.30. The highest BCUT2D eigenvalue weighted by atomic mass is 16.2. The van der Waals surface area contributed by atoms with Crippen LogP contribution >= 0.6 is 0 Å². The number of hydrogen-bond donors (Lipinski definition) is 0. The second-order valence-electron chi connectivity index (χ2n) is 8.92. The Bertz CT molecular complexity index is 885. The molecule has 1 aliphatic heterocycles. The van der Waals surface area contributed by atoms with Gasteiger partial charge < -0.3 is 14.7 Å². The number of piperazine rings is 1. The fourth-order valence-corrected chi connectivity index (χ4v) is 4.63. The van der Waals surface area contributed by atoms with Crippen molar-refractivity contribution in [3.8, 4) is 0 Å². The van der Waals surface area contributed by atoms with Gasteiger partial charge in [-0.25, -0.2) is 0 Å². The summed E-state index contributed by atoms with van der Waals surface area (Å²) in [7, 11) is 2.09. The summed E-state index contributed by atoms with van der Waals surface area (Å²) in [4.78, 5) is 32.4. The molecule has 0 aromatic heterocycles. The number of carbonyl (C=O) groups is 2. The van der Waals surface area contributed by atoms with E-state index in [2.05, 4.69) is 24.1 Å². The molecule has 0 spiro atoms. The summed E-state index contributed by atoms with van der Waals surface area (Å²) in [5, 5.41) is 0. The standard InChI is InChI=1S/C26H33N3O2/c1-27-14-16-28(17-15-27)25(30)19-22-10-7-13-24(18-22)29(20-21-8-3-2-4-9-21)26(31)23-11-5-6-12-23/h2-4,7-10,13,18,23H,5-6,11-12,14-17,19-20H2,1H3. The number of anilines is 1. The number of hydrogen-bond acceptors (Lipinski definition) is 3. The quantitative estimate of drug-likeness (QED) is 0.717. The Morgan fingerprint density at radius 1 is 0.903 bits per heavy atom. The van der Waals surface area contributed by atoms with Crippen LogP contribution in [0, 0.1) is 5.92 Å². The average molecular weight is 420 g/mol. The molecule has 2 fully saturated rings. The summed E-state index contributed by atoms with van der Waals surface area (Å²) >= 11 is 0. The third-order valence-electron chi connectivity index (χ3n) is 6.59. The van der Waals surface area contributed by atoms with Crippen molar-refractivity contribution in [2.45, 2.75) is 38.6 Å². The molecule has 0 N–H and O–H groups in total. The Morgan fingerprint density at radius 3 is 2.29 bits per heavy atom. The van der Waals surface area contributed by atoms with Gasteiger partial charge in [-0.15, -0.1) is 0 Å². The Morgan fingerprint density at radius 2 is 1.58 bits per heavy atom. The van der Waals surface area contributed by atoms with Crippen molar-refractivity contribution >= 4 is 17.5 Å². The first kappa shape index (κ1) is 21.6. The first-order valence-electron chi connectivity index (χ1n) is 11.5. The van der Waals surface area contributed by atoms with E-state index >= 15 is 0 Å². The van der Waals surface area contributed by atoms with E-state index in [1.54, 1.807) is 0 Å². The zero-order valence-corrected chi connectivity index (χ0v) is 18.5. The van der Waals surface area contributed by atoms with Crippen molar-refractivity contribution < 1.29 is 9.59 Å². The SMILES string of the molecule is CN1CCN(C(=O)Cc2cccc(N(Cc3ccccc3)C(=O)C3CCCC3)c2)CC1. The molecule has 5 nitrogen and oxygen atoms in total. The van der Waals surface area contributed by atoms with Crippen LogP contribution in [0.5, 0.6) is 0 Å². The maximum Gasteiger partial charge on any atom is 0.230 e. The van der Waals surface area contributed by atoms with E-state index in [4.69, 9.17) is 0 Å². The molecular weight excluding hydrogens is 386 g/mol. The molecule has 5 heteroatoms. The van der Waals surface area contributed by atoms with Gasteiger partial charge in [0.1, 0.15) is 0 Å². The minimum Gasteiger partial charge on any atom is -0.340 e. The molecular formula is C26H33N3O2. The molecule has 31 heavy (non-hydrogen) atoms. The fourth-order valence-electron chi connectivity index (χ4n) is 4.63. The van der Waals surface area contributed by atoms with Crippen LogP contribution < -0.4 is 4.90 Å². The van der Waals surface area contributed by atoms with Gasteiger partial charge in [0.15, 0.2) is 0 Å². The van der Waals surface area contributed by atoms with Crippen molar-refractivity contribution in [2.24, 2.45) is 5.92 Å². The largest absolute Gasteiger partial charge is 0.340 e. The molecule has 2 aromatic rings. The van der Waals surface area contributed by atoms with E-state index in [0.29, 0.717) is 13.0 Å². The van der Waals surface area contributed by atoms with Gasteiger partial charge in [-0.3, -0.25) is 9.59 Å². The molecule has 0 radical (unpaired) electrons. The van der Waals surface area contributed by atoms with Crippen LogP contribution in [0.15, 0.2) is 54.6 Å². The van der Waals surface area contributed by atoms with Crippen LogP contribution in [0.1, 0.15) is 36.8 Å². The van der Waals surface area contributed by atoms with Crippen LogP contribution in [0.4, 0.5) is 5.69 Å². The Balaban J connectivity index is 1.52. The molecule has 2 amide bonds. The Kier molecular flexibility index (Phi) is 7.03. The molecule has 1 saturated carbocycles. The number of carbonyl (C=O) groups excluding carboxylic acids is 2. The Labute approximate surface area is 185 Å². The highest BCUT2D eigenvalue weighted by Gasteiger charge is 2.28. The summed E-state index contributed by atoms with van der Waals surface area (Å²) in [6, 6.07) is 18.2. The molecule has 1 aliphatic carbocycles. The molecule has 4 rings (SSSR count). The van der Waals surface area contributed by atoms with Crippen LogP contribution in [-0.2, 0) is 22.6 Å². The van der Waals surface area contributed by atoms with E-state index in [9.17, 15) is 9.59 Å². The lowest BCUT2D eigenvalue weighted by Gasteiger charge is -2.32. The van der Waals surface area contributed by atoms with Crippen molar-refractivity contribution in [2.75, 3.05) is 38.1 Å². The second kappa shape index (κ2) is 10.1. The van der Waals surface area contributed by atoms with Gasteiger partial charge in [0.05, 0.1) is 13.0 Å². The topological polar surface area (TPSA) is 43.9 Å². The van der Waals surface area contributed by atoms with E-state index < -0.39 is 0 Å². The predicted molar refractivity (Wildman–Crippen MR) is 124 cm³/mol. The lowest BCUT2D eigenvalue weighted by molar-refractivity contribution is -0.132. The fraction of sp³-hybridized carbons (Fsp3) is 0.462. The molecule has 0 bridgehead atoms. The predicted octanol–water partition coefficient (Wildman–Crippen LogP) is 3.73. The maximum atomic E-state index is 13.4. The smallest absolute Gasteiger partial charge is 0.230 e. The van der Waals surface area contributed by atoms with E-state index in [0.717, 1.165) is 68.7 Å². The summed E-state index contributed by atoms with van der Waals surface area (Å²) in [5.74, 6) is 0.491. The van der Waals surface area contributed by atoms with Gasteiger partial charge in [0, 0.05) is 37.8 Å². The van der Waals surface area contributed by atoms with Crippen molar-refractivity contribution in [1.29, 1.82) is 0 Å². The zero-order valence-electron chi connectivity index (χ0n) is 18.5. The highest BCUT2D eigenvalue weighted by molar-refractivity contribution is 5.95. The molecule has 2 aromatic carbocycles. The first-order chi connectivity index (χ1) is 15.1. The van der Waals surface area contributed by atoms with Crippen LogP contribution in [0.2, 0.25) is 0 Å². The number of benzene rings is 2. The zero-order chi connectivity index (χ0) is 21.6. The van der Waals surface area contributed by atoms with E-state index in [1.165, 1.54) is 0 Å². The summed E-state index contributed by atoms with van der Waals surface area (Å²) in [6.07, 6.45) is 4.61. The van der Waals surface area contributed by atoms with Crippen molar-refractivity contribution in [1.82, 2.24) is 9.80 Å². The van der Waals surface area contributed by atoms with E-state index in [-0.39, 0.29) is 17.7 Å². The molecule has 1 heterocycles. The number of rotatable bonds is 6. The van der Waals surface area contributed by atoms with Gasteiger partial charge in [0.2, 0.25) is 11.8 Å².